The first-order valence-electron chi connectivity index (χ1n) is 8.57. The van der Waals surface area contributed by atoms with Gasteiger partial charge in [0.05, 0.1) is 16.1 Å². The van der Waals surface area contributed by atoms with Crippen LogP contribution in [0.3, 0.4) is 0 Å². The van der Waals surface area contributed by atoms with Crippen molar-refractivity contribution in [2.45, 2.75) is 17.8 Å². The Bertz CT molecular complexity index is 1300. The number of thiophene rings is 1. The molecule has 0 fully saturated rings. The number of hydrogen-bond acceptors (Lipinski definition) is 6. The van der Waals surface area contributed by atoms with E-state index >= 15 is 0 Å². The van der Waals surface area contributed by atoms with Crippen molar-refractivity contribution in [3.05, 3.63) is 90.5 Å². The zero-order chi connectivity index (χ0) is 20.5. The Morgan fingerprint density at radius 3 is 2.83 bits per heavy atom. The van der Waals surface area contributed by atoms with Crippen LogP contribution in [-0.2, 0) is 5.75 Å². The minimum absolute atomic E-state index is 0.0371. The number of nitro benzene ring substituents is 1. The van der Waals surface area contributed by atoms with Gasteiger partial charge in [-0.1, -0.05) is 35.5 Å². The van der Waals surface area contributed by atoms with E-state index in [0.29, 0.717) is 31.8 Å². The second kappa shape index (κ2) is 7.98. The van der Waals surface area contributed by atoms with Crippen LogP contribution < -0.4 is 5.56 Å². The third-order valence-electron chi connectivity index (χ3n) is 4.34. The van der Waals surface area contributed by atoms with Crippen LogP contribution in [0.1, 0.15) is 11.1 Å². The molecule has 6 nitrogen and oxygen atoms in total. The standard InChI is InChI=1S/C20H14ClN3O3S2/c1-12-9-14(5-6-16(12)21)23-19(25)18-17(7-8-28-18)22-20(23)29-11-13-3-2-4-15(10-13)24(26)27/h2-10H,11H2,1H3. The normalized spacial score (nSPS) is 11.1. The summed E-state index contributed by atoms with van der Waals surface area (Å²) >= 11 is 8.86. The van der Waals surface area contributed by atoms with E-state index in [-0.39, 0.29) is 11.2 Å². The van der Waals surface area contributed by atoms with E-state index in [0.717, 1.165) is 11.1 Å². The lowest BCUT2D eigenvalue weighted by Crippen LogP contribution is -2.21. The minimum Gasteiger partial charge on any atom is -0.267 e. The number of benzene rings is 2. The summed E-state index contributed by atoms with van der Waals surface area (Å²) in [6, 6.07) is 13.7. The van der Waals surface area contributed by atoms with Crippen molar-refractivity contribution in [1.29, 1.82) is 0 Å². The zero-order valence-electron chi connectivity index (χ0n) is 15.2. The molecule has 0 radical (unpaired) electrons. The molecule has 0 N–H and O–H groups in total. The largest absolute Gasteiger partial charge is 0.276 e. The summed E-state index contributed by atoms with van der Waals surface area (Å²) in [5, 5.41) is 14.0. The Morgan fingerprint density at radius 1 is 1.24 bits per heavy atom. The predicted octanol–water partition coefficient (Wildman–Crippen LogP) is 5.61. The van der Waals surface area contributed by atoms with Gasteiger partial charge in [-0.05, 0) is 47.7 Å². The van der Waals surface area contributed by atoms with E-state index < -0.39 is 4.92 Å². The summed E-state index contributed by atoms with van der Waals surface area (Å²) in [6.07, 6.45) is 0. The quantitative estimate of drug-likeness (QED) is 0.173. The molecule has 0 atom stereocenters. The van der Waals surface area contributed by atoms with Gasteiger partial charge in [-0.25, -0.2) is 4.98 Å². The molecule has 0 aliphatic rings. The molecule has 29 heavy (non-hydrogen) atoms. The van der Waals surface area contributed by atoms with Crippen LogP contribution in [0.2, 0.25) is 5.02 Å². The van der Waals surface area contributed by atoms with E-state index in [9.17, 15) is 14.9 Å². The number of nitrogens with zero attached hydrogens (tertiary/aromatic N) is 3. The number of fused-ring (bicyclic) bond motifs is 1. The molecule has 0 amide bonds. The molecule has 0 unspecified atom stereocenters. The summed E-state index contributed by atoms with van der Waals surface area (Å²) in [7, 11) is 0. The fourth-order valence-corrected chi connectivity index (χ4v) is 4.72. The summed E-state index contributed by atoms with van der Waals surface area (Å²) in [6.45, 7) is 1.88. The molecule has 0 aliphatic heterocycles. The molecule has 2 heterocycles. The monoisotopic (exact) mass is 443 g/mol. The average Bonchev–Trinajstić information content (AvgIpc) is 3.18. The summed E-state index contributed by atoms with van der Waals surface area (Å²) in [4.78, 5) is 28.4. The van der Waals surface area contributed by atoms with E-state index in [1.54, 1.807) is 22.8 Å². The zero-order valence-corrected chi connectivity index (χ0v) is 17.6. The van der Waals surface area contributed by atoms with Crippen molar-refractivity contribution >= 4 is 50.6 Å². The lowest BCUT2D eigenvalue weighted by Gasteiger charge is -2.13. The van der Waals surface area contributed by atoms with Crippen molar-refractivity contribution < 1.29 is 4.92 Å². The van der Waals surface area contributed by atoms with Crippen molar-refractivity contribution in [3.8, 4) is 5.69 Å². The second-order valence-electron chi connectivity index (χ2n) is 6.32. The van der Waals surface area contributed by atoms with E-state index in [1.807, 2.05) is 30.5 Å². The van der Waals surface area contributed by atoms with E-state index in [2.05, 4.69) is 4.98 Å². The van der Waals surface area contributed by atoms with Crippen LogP contribution >= 0.6 is 34.7 Å². The molecule has 9 heteroatoms. The maximum atomic E-state index is 13.2. The average molecular weight is 444 g/mol. The first-order valence-corrected chi connectivity index (χ1v) is 10.8. The Morgan fingerprint density at radius 2 is 2.07 bits per heavy atom. The summed E-state index contributed by atoms with van der Waals surface area (Å²) in [5.41, 5.74) is 2.85. The van der Waals surface area contributed by atoms with Crippen LogP contribution in [0.25, 0.3) is 15.9 Å². The molecule has 0 spiro atoms. The second-order valence-corrected chi connectivity index (χ2v) is 8.58. The van der Waals surface area contributed by atoms with Gasteiger partial charge in [0.1, 0.15) is 4.70 Å². The highest BCUT2D eigenvalue weighted by molar-refractivity contribution is 7.98. The van der Waals surface area contributed by atoms with Gasteiger partial charge >= 0.3 is 0 Å². The van der Waals surface area contributed by atoms with Gasteiger partial charge < -0.3 is 0 Å². The highest BCUT2D eigenvalue weighted by atomic mass is 35.5. The minimum atomic E-state index is -0.420. The molecule has 4 aromatic rings. The Balaban J connectivity index is 1.79. The molecule has 146 valence electrons. The lowest BCUT2D eigenvalue weighted by molar-refractivity contribution is -0.384. The van der Waals surface area contributed by atoms with E-state index in [1.165, 1.54) is 35.2 Å². The Hall–Kier alpha value is -2.68. The molecule has 0 saturated carbocycles. The number of non-ortho nitro benzene ring substituents is 1. The van der Waals surface area contributed by atoms with Gasteiger partial charge in [0.15, 0.2) is 5.16 Å². The highest BCUT2D eigenvalue weighted by Crippen LogP contribution is 2.28. The highest BCUT2D eigenvalue weighted by Gasteiger charge is 2.16. The number of nitro groups is 1. The summed E-state index contributed by atoms with van der Waals surface area (Å²) in [5.74, 6) is 0.441. The smallest absolute Gasteiger partial charge is 0.267 e. The number of rotatable bonds is 5. The molecule has 2 aromatic carbocycles. The lowest BCUT2D eigenvalue weighted by atomic mass is 10.2. The fourth-order valence-electron chi connectivity index (χ4n) is 2.89. The van der Waals surface area contributed by atoms with Gasteiger partial charge in [0.2, 0.25) is 0 Å². The first-order chi connectivity index (χ1) is 13.9. The van der Waals surface area contributed by atoms with Crippen LogP contribution in [0.4, 0.5) is 5.69 Å². The molecule has 0 bridgehead atoms. The molecule has 0 aliphatic carbocycles. The third-order valence-corrected chi connectivity index (χ3v) is 6.66. The van der Waals surface area contributed by atoms with Gasteiger partial charge in [0, 0.05) is 22.9 Å². The van der Waals surface area contributed by atoms with Crippen LogP contribution in [0.5, 0.6) is 0 Å². The number of aryl methyl sites for hydroxylation is 1. The van der Waals surface area contributed by atoms with Gasteiger partial charge in [-0.3, -0.25) is 19.5 Å². The van der Waals surface area contributed by atoms with Gasteiger partial charge in [-0.2, -0.15) is 0 Å². The molecular weight excluding hydrogens is 430 g/mol. The molecule has 4 rings (SSSR count). The van der Waals surface area contributed by atoms with Gasteiger partial charge in [0.25, 0.3) is 11.2 Å². The number of hydrogen-bond donors (Lipinski definition) is 0. The number of halogens is 1. The van der Waals surface area contributed by atoms with Gasteiger partial charge in [-0.15, -0.1) is 11.3 Å². The predicted molar refractivity (Wildman–Crippen MR) is 118 cm³/mol. The van der Waals surface area contributed by atoms with Crippen molar-refractivity contribution in [1.82, 2.24) is 9.55 Å². The Kier molecular flexibility index (Phi) is 5.40. The topological polar surface area (TPSA) is 78.0 Å². The maximum Gasteiger partial charge on any atom is 0.276 e. The summed E-state index contributed by atoms with van der Waals surface area (Å²) < 4.78 is 2.15. The molecular formula is C20H14ClN3O3S2. The fraction of sp³-hybridized carbons (Fsp3) is 0.100. The third kappa shape index (κ3) is 3.91. The van der Waals surface area contributed by atoms with Crippen molar-refractivity contribution in [2.75, 3.05) is 0 Å². The Labute approximate surface area is 178 Å². The first kappa shape index (κ1) is 19.6. The SMILES string of the molecule is Cc1cc(-n2c(SCc3cccc([N+](=O)[O-])c3)nc3ccsc3c2=O)ccc1Cl. The maximum absolute atomic E-state index is 13.2. The number of thioether (sulfide) groups is 1. The van der Waals surface area contributed by atoms with Crippen LogP contribution in [-0.4, -0.2) is 14.5 Å². The molecule has 0 saturated heterocycles. The van der Waals surface area contributed by atoms with Crippen molar-refractivity contribution in [3.63, 3.8) is 0 Å². The van der Waals surface area contributed by atoms with E-state index in [4.69, 9.17) is 11.6 Å². The van der Waals surface area contributed by atoms with Crippen molar-refractivity contribution in [2.24, 2.45) is 0 Å². The number of aromatic nitrogens is 2. The molecule has 2 aromatic heterocycles. The van der Waals surface area contributed by atoms with Crippen LogP contribution in [0.15, 0.2) is 63.9 Å². The van der Waals surface area contributed by atoms with Crippen LogP contribution in [0, 0.1) is 17.0 Å².